The molecule has 2 aromatic carbocycles. The first-order valence-electron chi connectivity index (χ1n) is 7.63. The average molecular weight is 355 g/mol. The minimum atomic E-state index is -0.444. The minimum absolute atomic E-state index is 0.216. The monoisotopic (exact) mass is 355 g/mol. The normalized spacial score (nSPS) is 10.6. The molecule has 7 heteroatoms. The van der Waals surface area contributed by atoms with Crippen LogP contribution < -0.4 is 10.5 Å². The fourth-order valence-electron chi connectivity index (χ4n) is 2.16. The van der Waals surface area contributed by atoms with Crippen molar-refractivity contribution < 1.29 is 13.9 Å². The average Bonchev–Trinajstić information content (AvgIpc) is 3.06. The third-order valence-electron chi connectivity index (χ3n) is 3.37. The Hall–Kier alpha value is -2.80. The van der Waals surface area contributed by atoms with Gasteiger partial charge in [-0.25, -0.2) is 0 Å². The number of ether oxygens (including phenoxy) is 1. The van der Waals surface area contributed by atoms with Crippen LogP contribution in [0.15, 0.2) is 58.2 Å². The molecule has 0 aliphatic rings. The van der Waals surface area contributed by atoms with E-state index in [4.69, 9.17) is 14.9 Å². The number of aromatic nitrogens is 2. The highest BCUT2D eigenvalue weighted by Gasteiger charge is 2.09. The Balaban J connectivity index is 1.55. The zero-order valence-corrected chi connectivity index (χ0v) is 14.5. The number of thioether (sulfide) groups is 1. The minimum Gasteiger partial charge on any atom is -0.484 e. The summed E-state index contributed by atoms with van der Waals surface area (Å²) in [5.41, 5.74) is 7.84. The molecule has 25 heavy (non-hydrogen) atoms. The number of hydrogen-bond donors (Lipinski definition) is 1. The first-order valence-corrected chi connectivity index (χ1v) is 8.62. The molecule has 3 aromatic rings. The summed E-state index contributed by atoms with van der Waals surface area (Å²) in [7, 11) is 0. The van der Waals surface area contributed by atoms with Crippen LogP contribution in [0.4, 0.5) is 0 Å². The highest BCUT2D eigenvalue weighted by Crippen LogP contribution is 2.22. The number of primary amides is 1. The van der Waals surface area contributed by atoms with Crippen LogP contribution in [0.25, 0.3) is 0 Å². The van der Waals surface area contributed by atoms with Gasteiger partial charge >= 0.3 is 0 Å². The number of nitrogens with zero attached hydrogens (tertiary/aromatic N) is 2. The Morgan fingerprint density at radius 2 is 2.04 bits per heavy atom. The van der Waals surface area contributed by atoms with Gasteiger partial charge in [-0.2, -0.15) is 0 Å². The zero-order valence-electron chi connectivity index (χ0n) is 13.6. The third-order valence-corrected chi connectivity index (χ3v) is 4.26. The smallest absolute Gasteiger partial charge is 0.277 e. The van der Waals surface area contributed by atoms with Crippen molar-refractivity contribution in [2.45, 2.75) is 24.5 Å². The lowest BCUT2D eigenvalue weighted by Crippen LogP contribution is -2.10. The second kappa shape index (κ2) is 7.85. The second-order valence-electron chi connectivity index (χ2n) is 5.42. The Bertz CT molecular complexity index is 879. The van der Waals surface area contributed by atoms with E-state index < -0.39 is 5.91 Å². The number of hydrogen-bond acceptors (Lipinski definition) is 6. The van der Waals surface area contributed by atoms with Gasteiger partial charge in [-0.3, -0.25) is 4.79 Å². The van der Waals surface area contributed by atoms with Gasteiger partial charge < -0.3 is 14.9 Å². The summed E-state index contributed by atoms with van der Waals surface area (Å²) in [5.74, 6) is 1.33. The van der Waals surface area contributed by atoms with E-state index in [9.17, 15) is 4.79 Å². The molecule has 0 radical (unpaired) electrons. The van der Waals surface area contributed by atoms with E-state index in [-0.39, 0.29) is 6.61 Å². The molecule has 0 saturated heterocycles. The standard InChI is InChI=1S/C18H17N3O3S/c1-12-4-2-7-15(8-12)23-10-16-20-21-18(24-16)25-11-13-5-3-6-14(9-13)17(19)22/h2-9H,10-11H2,1H3,(H2,19,22). The number of carbonyl (C=O) groups is 1. The SMILES string of the molecule is Cc1cccc(OCc2nnc(SCc3cccc(C(N)=O)c3)o2)c1. The molecule has 6 nitrogen and oxygen atoms in total. The molecule has 0 bridgehead atoms. The maximum absolute atomic E-state index is 11.2. The van der Waals surface area contributed by atoms with Gasteiger partial charge in [0.1, 0.15) is 5.75 Å². The van der Waals surface area contributed by atoms with Gasteiger partial charge in [0, 0.05) is 11.3 Å². The van der Waals surface area contributed by atoms with E-state index in [1.807, 2.05) is 37.3 Å². The molecular formula is C18H17N3O3S. The van der Waals surface area contributed by atoms with Crippen molar-refractivity contribution in [3.05, 3.63) is 71.1 Å². The van der Waals surface area contributed by atoms with Crippen molar-refractivity contribution in [3.8, 4) is 5.75 Å². The van der Waals surface area contributed by atoms with Gasteiger partial charge in [-0.15, -0.1) is 10.2 Å². The molecule has 3 rings (SSSR count). The van der Waals surface area contributed by atoms with Gasteiger partial charge in [0.15, 0.2) is 6.61 Å². The lowest BCUT2D eigenvalue weighted by atomic mass is 10.1. The van der Waals surface area contributed by atoms with Crippen molar-refractivity contribution >= 4 is 17.7 Å². The van der Waals surface area contributed by atoms with Crippen LogP contribution in [0.3, 0.4) is 0 Å². The van der Waals surface area contributed by atoms with E-state index in [0.29, 0.717) is 22.4 Å². The molecule has 0 spiro atoms. The Morgan fingerprint density at radius 1 is 1.20 bits per heavy atom. The van der Waals surface area contributed by atoms with E-state index in [0.717, 1.165) is 16.9 Å². The summed E-state index contributed by atoms with van der Waals surface area (Å²) in [5, 5.41) is 8.42. The highest BCUT2D eigenvalue weighted by molar-refractivity contribution is 7.98. The zero-order chi connectivity index (χ0) is 17.6. The van der Waals surface area contributed by atoms with E-state index >= 15 is 0 Å². The Morgan fingerprint density at radius 3 is 2.84 bits per heavy atom. The van der Waals surface area contributed by atoms with Crippen LogP contribution >= 0.6 is 11.8 Å². The topological polar surface area (TPSA) is 91.2 Å². The molecule has 1 amide bonds. The van der Waals surface area contributed by atoms with Crippen molar-refractivity contribution in [1.82, 2.24) is 10.2 Å². The molecule has 0 aliphatic heterocycles. The molecule has 0 fully saturated rings. The predicted molar refractivity (Wildman–Crippen MR) is 94.3 cm³/mol. The van der Waals surface area contributed by atoms with E-state index in [1.165, 1.54) is 11.8 Å². The molecule has 2 N–H and O–H groups in total. The molecular weight excluding hydrogens is 338 g/mol. The first kappa shape index (κ1) is 17.0. The van der Waals surface area contributed by atoms with Crippen molar-refractivity contribution in [2.24, 2.45) is 5.73 Å². The molecule has 0 saturated carbocycles. The van der Waals surface area contributed by atoms with Crippen LogP contribution in [-0.4, -0.2) is 16.1 Å². The summed E-state index contributed by atoms with van der Waals surface area (Å²) >= 11 is 1.39. The van der Waals surface area contributed by atoms with Gasteiger partial charge in [0.2, 0.25) is 5.91 Å². The van der Waals surface area contributed by atoms with Crippen molar-refractivity contribution in [2.75, 3.05) is 0 Å². The van der Waals surface area contributed by atoms with Crippen LogP contribution in [0.1, 0.15) is 27.4 Å². The van der Waals surface area contributed by atoms with Gasteiger partial charge in [0.25, 0.3) is 11.1 Å². The molecule has 1 heterocycles. The lowest BCUT2D eigenvalue weighted by Gasteiger charge is -2.03. The summed E-state index contributed by atoms with van der Waals surface area (Å²) in [6, 6.07) is 14.9. The first-order chi connectivity index (χ1) is 12.1. The van der Waals surface area contributed by atoms with E-state index in [1.54, 1.807) is 18.2 Å². The van der Waals surface area contributed by atoms with Crippen LogP contribution in [0.2, 0.25) is 0 Å². The van der Waals surface area contributed by atoms with Gasteiger partial charge in [0.05, 0.1) is 0 Å². The summed E-state index contributed by atoms with van der Waals surface area (Å²) in [6.45, 7) is 2.22. The number of rotatable bonds is 7. The highest BCUT2D eigenvalue weighted by atomic mass is 32.2. The quantitative estimate of drug-likeness (QED) is 0.654. The molecule has 0 atom stereocenters. The molecule has 128 valence electrons. The van der Waals surface area contributed by atoms with E-state index in [2.05, 4.69) is 10.2 Å². The number of carbonyl (C=O) groups excluding carboxylic acids is 1. The number of amides is 1. The maximum atomic E-state index is 11.2. The number of nitrogens with two attached hydrogens (primary N) is 1. The van der Waals surface area contributed by atoms with Gasteiger partial charge in [-0.1, -0.05) is 36.0 Å². The predicted octanol–water partition coefficient (Wildman–Crippen LogP) is 3.35. The second-order valence-corrected chi connectivity index (χ2v) is 6.35. The number of benzene rings is 2. The van der Waals surface area contributed by atoms with Crippen LogP contribution in [0.5, 0.6) is 5.75 Å². The van der Waals surface area contributed by atoms with Crippen LogP contribution in [0, 0.1) is 6.92 Å². The van der Waals surface area contributed by atoms with Crippen LogP contribution in [-0.2, 0) is 12.4 Å². The Kier molecular flexibility index (Phi) is 5.35. The third kappa shape index (κ3) is 4.84. The fraction of sp³-hybridized carbons (Fsp3) is 0.167. The lowest BCUT2D eigenvalue weighted by molar-refractivity contribution is 0.1000. The molecule has 1 aromatic heterocycles. The maximum Gasteiger partial charge on any atom is 0.277 e. The summed E-state index contributed by atoms with van der Waals surface area (Å²) in [4.78, 5) is 11.2. The summed E-state index contributed by atoms with van der Waals surface area (Å²) in [6.07, 6.45) is 0. The largest absolute Gasteiger partial charge is 0.484 e. The van der Waals surface area contributed by atoms with Crippen molar-refractivity contribution in [1.29, 1.82) is 0 Å². The number of aryl methyl sites for hydroxylation is 1. The Labute approximate surface area is 149 Å². The molecule has 0 aliphatic carbocycles. The fourth-order valence-corrected chi connectivity index (χ4v) is 2.89. The molecule has 0 unspecified atom stereocenters. The summed E-state index contributed by atoms with van der Waals surface area (Å²) < 4.78 is 11.2. The van der Waals surface area contributed by atoms with Crippen molar-refractivity contribution in [3.63, 3.8) is 0 Å². The van der Waals surface area contributed by atoms with Gasteiger partial charge in [-0.05, 0) is 42.3 Å².